The highest BCUT2D eigenvalue weighted by atomic mass is 79.9. The summed E-state index contributed by atoms with van der Waals surface area (Å²) in [6.07, 6.45) is -0.330. The van der Waals surface area contributed by atoms with E-state index in [1.807, 2.05) is 0 Å². The van der Waals surface area contributed by atoms with Crippen LogP contribution >= 0.6 is 39.6 Å². The highest BCUT2D eigenvalue weighted by Crippen LogP contribution is 2.49. The van der Waals surface area contributed by atoms with Crippen molar-refractivity contribution in [3.63, 3.8) is 0 Å². The number of carbonyl (C=O) groups excluding carboxylic acids is 2. The lowest BCUT2D eigenvalue weighted by atomic mass is 10.2. The molecule has 2 aromatic rings. The Morgan fingerprint density at radius 1 is 1.07 bits per heavy atom. The van der Waals surface area contributed by atoms with Crippen molar-refractivity contribution in [1.82, 2.24) is 5.09 Å². The van der Waals surface area contributed by atoms with Crippen LogP contribution in [0.3, 0.4) is 0 Å². The summed E-state index contributed by atoms with van der Waals surface area (Å²) in [7, 11) is -2.83. The summed E-state index contributed by atoms with van der Waals surface area (Å²) in [5.41, 5.74) is 0.246. The van der Waals surface area contributed by atoms with Crippen LogP contribution in [0, 0.1) is 0 Å². The van der Waals surface area contributed by atoms with Gasteiger partial charge in [0.1, 0.15) is 12.3 Å². The van der Waals surface area contributed by atoms with Gasteiger partial charge in [0, 0.05) is 0 Å². The summed E-state index contributed by atoms with van der Waals surface area (Å²) < 4.78 is 35.0. The number of hydrogen-bond donors (Lipinski definition) is 1. The zero-order valence-corrected chi connectivity index (χ0v) is 20.5. The third-order valence-electron chi connectivity index (χ3n) is 3.38. The summed E-state index contributed by atoms with van der Waals surface area (Å²) in [5.74, 6) is -0.804. The molecule has 0 amide bonds. The van der Waals surface area contributed by atoms with E-state index in [0.717, 1.165) is 0 Å². The normalized spacial score (nSPS) is 12.7. The van der Waals surface area contributed by atoms with Crippen molar-refractivity contribution < 1.29 is 32.7 Å². The van der Waals surface area contributed by atoms with Crippen LogP contribution in [0.1, 0.15) is 24.2 Å². The molecule has 0 bridgehead atoms. The molecule has 162 valence electrons. The van der Waals surface area contributed by atoms with Gasteiger partial charge in [-0.1, -0.05) is 18.2 Å². The van der Waals surface area contributed by atoms with Crippen LogP contribution < -0.4 is 14.1 Å². The van der Waals surface area contributed by atoms with Gasteiger partial charge in [0.05, 0.1) is 27.7 Å². The van der Waals surface area contributed by atoms with Gasteiger partial charge < -0.3 is 18.5 Å². The Morgan fingerprint density at radius 2 is 1.67 bits per heavy atom. The molecule has 1 unspecified atom stereocenters. The smallest absolute Gasteiger partial charge is 0.465 e. The second-order valence-corrected chi connectivity index (χ2v) is 9.51. The van der Waals surface area contributed by atoms with Gasteiger partial charge in [-0.25, -0.2) is 9.36 Å². The van der Waals surface area contributed by atoms with Gasteiger partial charge in [-0.05, 0) is 70.0 Å². The summed E-state index contributed by atoms with van der Waals surface area (Å²) in [4.78, 5) is 23.7. The van der Waals surface area contributed by atoms with E-state index in [4.69, 9.17) is 18.5 Å². The molecule has 0 aliphatic heterocycles. The van der Waals surface area contributed by atoms with E-state index in [9.17, 15) is 14.2 Å². The van der Waals surface area contributed by atoms with E-state index >= 15 is 0 Å². The van der Waals surface area contributed by atoms with E-state index in [-0.39, 0.29) is 23.2 Å². The molecule has 0 spiro atoms. The molecule has 1 N–H and O–H groups in total. The second kappa shape index (κ2) is 10.9. The van der Waals surface area contributed by atoms with Crippen LogP contribution in [-0.2, 0) is 18.8 Å². The largest absolute Gasteiger partial charge is 0.513 e. The molecule has 1 atom stereocenters. The van der Waals surface area contributed by atoms with Gasteiger partial charge in [0.15, 0.2) is 5.75 Å². The van der Waals surface area contributed by atoms with Crippen LogP contribution in [-0.4, -0.2) is 31.7 Å². The van der Waals surface area contributed by atoms with Crippen LogP contribution in [0.5, 0.6) is 11.5 Å². The average molecular weight is 565 g/mol. The lowest BCUT2D eigenvalue weighted by Crippen LogP contribution is -2.28. The maximum atomic E-state index is 13.4. The number of benzene rings is 2. The van der Waals surface area contributed by atoms with Crippen molar-refractivity contribution in [3.05, 3.63) is 57.0 Å². The van der Waals surface area contributed by atoms with E-state index in [1.165, 1.54) is 19.2 Å². The molecular weight excluding hydrogens is 545 g/mol. The lowest BCUT2D eigenvalue weighted by molar-refractivity contribution is -0.145. The molecule has 0 fully saturated rings. The third kappa shape index (κ3) is 7.12. The zero-order valence-electron chi connectivity index (χ0n) is 16.4. The Hall–Kier alpha value is -1.87. The molecule has 0 radical (unpaired) electrons. The predicted octanol–water partition coefficient (Wildman–Crippen LogP) is 5.11. The first-order valence-electron chi connectivity index (χ1n) is 8.70. The number of esters is 2. The molecule has 30 heavy (non-hydrogen) atoms. The highest BCUT2D eigenvalue weighted by Gasteiger charge is 2.32. The fourth-order valence-electron chi connectivity index (χ4n) is 2.17. The van der Waals surface area contributed by atoms with Crippen molar-refractivity contribution in [3.8, 4) is 11.5 Å². The molecule has 8 nitrogen and oxygen atoms in total. The number of halogens is 2. The topological polar surface area (TPSA) is 100 Å². The lowest BCUT2D eigenvalue weighted by Gasteiger charge is -2.22. The Bertz CT molecular complexity index is 930. The van der Waals surface area contributed by atoms with Gasteiger partial charge in [0.25, 0.3) is 0 Å². The van der Waals surface area contributed by atoms with Gasteiger partial charge in [-0.2, -0.15) is 5.09 Å². The molecule has 11 heteroatoms. The van der Waals surface area contributed by atoms with Crippen molar-refractivity contribution in [2.75, 3.05) is 13.7 Å². The average Bonchev–Trinajstić information content (AvgIpc) is 2.69. The maximum absolute atomic E-state index is 13.4. The van der Waals surface area contributed by atoms with Gasteiger partial charge in [0.2, 0.25) is 0 Å². The van der Waals surface area contributed by atoms with Gasteiger partial charge in [-0.3, -0.25) is 4.79 Å². The van der Waals surface area contributed by atoms with Gasteiger partial charge >= 0.3 is 19.7 Å². The standard InChI is InChI=1S/C19H20Br2NO7P/c1-12(2)27-17(23)11-22-30(25,28-14-7-5-4-6-8-14)29-18-15(20)9-13(10-16(18)21)19(24)26-3/h4-10,12H,11H2,1-3H3,(H,22,25). The first-order valence-corrected chi connectivity index (χ1v) is 11.8. The first kappa shape index (κ1) is 24.4. The first-order chi connectivity index (χ1) is 14.1. The fraction of sp³-hybridized carbons (Fsp3) is 0.263. The highest BCUT2D eigenvalue weighted by molar-refractivity contribution is 9.11. The quantitative estimate of drug-likeness (QED) is 0.331. The van der Waals surface area contributed by atoms with E-state index in [1.54, 1.807) is 44.2 Å². The number of rotatable bonds is 9. The van der Waals surface area contributed by atoms with Crippen molar-refractivity contribution >= 4 is 51.5 Å². The van der Waals surface area contributed by atoms with Crippen molar-refractivity contribution in [2.45, 2.75) is 20.0 Å². The van der Waals surface area contributed by atoms with Crippen molar-refractivity contribution in [1.29, 1.82) is 0 Å². The Kier molecular flexibility index (Phi) is 8.91. The Labute approximate surface area is 191 Å². The summed E-state index contributed by atoms with van der Waals surface area (Å²) >= 11 is 6.57. The summed E-state index contributed by atoms with van der Waals surface area (Å²) in [5, 5.41) is 2.50. The van der Waals surface area contributed by atoms with Crippen LogP contribution in [0.15, 0.2) is 51.4 Å². The minimum absolute atomic E-state index is 0.103. The SMILES string of the molecule is COC(=O)c1cc(Br)c(OP(=O)(NCC(=O)OC(C)C)Oc2ccccc2)c(Br)c1. The van der Waals surface area contributed by atoms with E-state index < -0.39 is 26.2 Å². The maximum Gasteiger partial charge on any atom is 0.513 e. The van der Waals surface area contributed by atoms with Crippen LogP contribution in [0.2, 0.25) is 0 Å². The fourth-order valence-corrected chi connectivity index (χ4v) is 5.10. The molecule has 2 rings (SSSR count). The molecule has 0 saturated heterocycles. The Balaban J connectivity index is 2.31. The molecule has 2 aromatic carbocycles. The molecule has 0 aliphatic carbocycles. The van der Waals surface area contributed by atoms with Gasteiger partial charge in [-0.15, -0.1) is 0 Å². The third-order valence-corrected chi connectivity index (χ3v) is 5.98. The van der Waals surface area contributed by atoms with Crippen LogP contribution in [0.25, 0.3) is 0 Å². The number of para-hydroxylation sites is 1. The molecule has 0 saturated carbocycles. The molecule has 0 heterocycles. The molecule has 0 aliphatic rings. The molecule has 0 aromatic heterocycles. The Morgan fingerprint density at radius 3 is 2.20 bits per heavy atom. The number of nitrogens with one attached hydrogen (secondary N) is 1. The molecular formula is C19H20Br2NO7P. The minimum Gasteiger partial charge on any atom is -0.465 e. The number of carbonyl (C=O) groups is 2. The number of methoxy groups -OCH3 is 1. The number of hydrogen-bond acceptors (Lipinski definition) is 7. The second-order valence-electron chi connectivity index (χ2n) is 6.13. The number of ether oxygens (including phenoxy) is 2. The van der Waals surface area contributed by atoms with E-state index in [2.05, 4.69) is 36.9 Å². The minimum atomic E-state index is -4.09. The van der Waals surface area contributed by atoms with Crippen LogP contribution in [0.4, 0.5) is 0 Å². The van der Waals surface area contributed by atoms with E-state index in [0.29, 0.717) is 8.95 Å². The van der Waals surface area contributed by atoms with Crippen molar-refractivity contribution in [2.24, 2.45) is 0 Å². The monoisotopic (exact) mass is 563 g/mol. The summed E-state index contributed by atoms with van der Waals surface area (Å²) in [6, 6.07) is 11.2. The summed E-state index contributed by atoms with van der Waals surface area (Å²) in [6.45, 7) is 2.99. The predicted molar refractivity (Wildman–Crippen MR) is 118 cm³/mol. The zero-order chi connectivity index (χ0) is 22.3.